The molecule has 0 saturated carbocycles. The van der Waals surface area contributed by atoms with E-state index in [1.165, 1.54) is 5.56 Å². The van der Waals surface area contributed by atoms with Gasteiger partial charge in [-0.25, -0.2) is 4.79 Å². The average molecular weight is 206 g/mol. The van der Waals surface area contributed by atoms with Crippen LogP contribution in [0.3, 0.4) is 0 Å². The summed E-state index contributed by atoms with van der Waals surface area (Å²) >= 11 is 0. The molecule has 0 unspecified atom stereocenters. The van der Waals surface area contributed by atoms with Gasteiger partial charge in [0.25, 0.3) is 0 Å². The Balaban J connectivity index is 2.12. The summed E-state index contributed by atoms with van der Waals surface area (Å²) in [6.07, 6.45) is 2.04. The Kier molecular flexibility index (Phi) is 5.01. The molecule has 0 heterocycles. The fraction of sp³-hybridized carbons (Fsp3) is 0.250. The maximum absolute atomic E-state index is 10.7. The molecule has 0 bridgehead atoms. The van der Waals surface area contributed by atoms with E-state index in [-0.39, 0.29) is 0 Å². The predicted molar refractivity (Wildman–Crippen MR) is 57.4 cm³/mol. The molecule has 0 saturated heterocycles. The fourth-order valence-corrected chi connectivity index (χ4v) is 1.18. The molecule has 3 heteroatoms. The highest BCUT2D eigenvalue weighted by molar-refractivity contribution is 5.60. The van der Waals surface area contributed by atoms with Crippen molar-refractivity contribution in [1.82, 2.24) is 0 Å². The second-order valence-electron chi connectivity index (χ2n) is 2.97. The highest BCUT2D eigenvalue weighted by Crippen LogP contribution is 2.02. The van der Waals surface area contributed by atoms with Crippen LogP contribution in [-0.2, 0) is 15.9 Å². The molecule has 0 aromatic heterocycles. The van der Waals surface area contributed by atoms with Gasteiger partial charge in [0.1, 0.15) is 0 Å². The standard InChI is InChI=1S/C12H14O3/c1-2-14-12(13)15-10-6-9-11-7-4-3-5-8-11/h2-5,7-8H,1,6,9-10H2. The van der Waals surface area contributed by atoms with Gasteiger partial charge in [0.05, 0.1) is 12.9 Å². The van der Waals surface area contributed by atoms with Gasteiger partial charge in [-0.2, -0.15) is 0 Å². The van der Waals surface area contributed by atoms with Crippen molar-refractivity contribution in [2.75, 3.05) is 6.61 Å². The molecule has 80 valence electrons. The van der Waals surface area contributed by atoms with Gasteiger partial charge in [0.2, 0.25) is 0 Å². The van der Waals surface area contributed by atoms with Gasteiger partial charge in [-0.15, -0.1) is 0 Å². The van der Waals surface area contributed by atoms with Crippen molar-refractivity contribution in [1.29, 1.82) is 0 Å². The van der Waals surface area contributed by atoms with Gasteiger partial charge in [0.15, 0.2) is 0 Å². The Labute approximate surface area is 89.3 Å². The number of hydrogen-bond acceptors (Lipinski definition) is 3. The van der Waals surface area contributed by atoms with Crippen molar-refractivity contribution >= 4 is 6.16 Å². The Morgan fingerprint density at radius 2 is 2.07 bits per heavy atom. The van der Waals surface area contributed by atoms with Crippen LogP contribution in [0.1, 0.15) is 12.0 Å². The van der Waals surface area contributed by atoms with Crippen molar-refractivity contribution in [2.45, 2.75) is 12.8 Å². The van der Waals surface area contributed by atoms with Gasteiger partial charge < -0.3 is 9.47 Å². The average Bonchev–Trinajstić information content (AvgIpc) is 2.26. The van der Waals surface area contributed by atoms with E-state index >= 15 is 0 Å². The zero-order valence-electron chi connectivity index (χ0n) is 8.52. The maximum Gasteiger partial charge on any atom is 0.513 e. The first-order valence-electron chi connectivity index (χ1n) is 4.81. The minimum Gasteiger partial charge on any atom is -0.434 e. The van der Waals surface area contributed by atoms with E-state index in [1.54, 1.807) is 0 Å². The van der Waals surface area contributed by atoms with E-state index in [0.717, 1.165) is 19.1 Å². The number of aryl methyl sites for hydroxylation is 1. The summed E-state index contributed by atoms with van der Waals surface area (Å²) in [7, 11) is 0. The Bertz CT molecular complexity index is 306. The van der Waals surface area contributed by atoms with E-state index in [0.29, 0.717) is 6.61 Å². The number of carbonyl (C=O) groups excluding carboxylic acids is 1. The van der Waals surface area contributed by atoms with Crippen LogP contribution in [0.5, 0.6) is 0 Å². The highest BCUT2D eigenvalue weighted by Gasteiger charge is 2.00. The zero-order valence-corrected chi connectivity index (χ0v) is 8.52. The third-order valence-electron chi connectivity index (χ3n) is 1.85. The molecule has 0 atom stereocenters. The highest BCUT2D eigenvalue weighted by atomic mass is 16.7. The summed E-state index contributed by atoms with van der Waals surface area (Å²) in [5, 5.41) is 0. The van der Waals surface area contributed by atoms with Crippen LogP contribution in [0.2, 0.25) is 0 Å². The van der Waals surface area contributed by atoms with Crippen LogP contribution >= 0.6 is 0 Å². The molecule has 1 rings (SSSR count). The minimum absolute atomic E-state index is 0.363. The normalized spacial score (nSPS) is 9.33. The molecule has 0 fully saturated rings. The molecular weight excluding hydrogens is 192 g/mol. The van der Waals surface area contributed by atoms with Crippen molar-refractivity contribution in [3.05, 3.63) is 48.7 Å². The lowest BCUT2D eigenvalue weighted by Gasteiger charge is -2.02. The summed E-state index contributed by atoms with van der Waals surface area (Å²) in [5.41, 5.74) is 1.23. The van der Waals surface area contributed by atoms with Crippen molar-refractivity contribution in [2.24, 2.45) is 0 Å². The molecule has 1 aromatic carbocycles. The third-order valence-corrected chi connectivity index (χ3v) is 1.85. The van der Waals surface area contributed by atoms with E-state index in [4.69, 9.17) is 4.74 Å². The summed E-state index contributed by atoms with van der Waals surface area (Å²) in [4.78, 5) is 10.7. The summed E-state index contributed by atoms with van der Waals surface area (Å²) in [6.45, 7) is 3.62. The molecule has 0 radical (unpaired) electrons. The van der Waals surface area contributed by atoms with Crippen molar-refractivity contribution in [3.63, 3.8) is 0 Å². The van der Waals surface area contributed by atoms with Crippen LogP contribution in [0, 0.1) is 0 Å². The second-order valence-corrected chi connectivity index (χ2v) is 2.97. The third kappa shape index (κ3) is 4.86. The quantitative estimate of drug-likeness (QED) is 0.422. The van der Waals surface area contributed by atoms with Crippen LogP contribution in [0.25, 0.3) is 0 Å². The van der Waals surface area contributed by atoms with Crippen molar-refractivity contribution < 1.29 is 14.3 Å². The molecule has 0 aliphatic rings. The Morgan fingerprint density at radius 3 is 2.73 bits per heavy atom. The largest absolute Gasteiger partial charge is 0.513 e. The van der Waals surface area contributed by atoms with Crippen LogP contribution < -0.4 is 0 Å². The monoisotopic (exact) mass is 206 g/mol. The second kappa shape index (κ2) is 6.65. The van der Waals surface area contributed by atoms with E-state index < -0.39 is 6.16 Å². The molecule has 0 spiro atoms. The van der Waals surface area contributed by atoms with Gasteiger partial charge >= 0.3 is 6.16 Å². The molecule has 0 aliphatic carbocycles. The Hall–Kier alpha value is -1.77. The SMILES string of the molecule is C=COC(=O)OCCCc1ccccc1. The lowest BCUT2D eigenvalue weighted by molar-refractivity contribution is 0.0840. The summed E-state index contributed by atoms with van der Waals surface area (Å²) in [6, 6.07) is 10.0. The minimum atomic E-state index is -0.696. The molecule has 0 aliphatic heterocycles. The maximum atomic E-state index is 10.7. The zero-order chi connectivity index (χ0) is 10.9. The van der Waals surface area contributed by atoms with E-state index in [2.05, 4.69) is 11.3 Å². The Morgan fingerprint density at radius 1 is 1.33 bits per heavy atom. The predicted octanol–water partition coefficient (Wildman–Crippen LogP) is 2.92. The van der Waals surface area contributed by atoms with Crippen LogP contribution in [0.15, 0.2) is 43.2 Å². The molecule has 0 N–H and O–H groups in total. The van der Waals surface area contributed by atoms with E-state index in [1.807, 2.05) is 30.3 Å². The van der Waals surface area contributed by atoms with Gasteiger partial charge in [-0.05, 0) is 18.4 Å². The lowest BCUT2D eigenvalue weighted by Crippen LogP contribution is -2.05. The summed E-state index contributed by atoms with van der Waals surface area (Å²) in [5.74, 6) is 0. The number of benzene rings is 1. The fourth-order valence-electron chi connectivity index (χ4n) is 1.18. The number of rotatable bonds is 5. The topological polar surface area (TPSA) is 35.5 Å². The summed E-state index contributed by atoms with van der Waals surface area (Å²) < 4.78 is 9.17. The molecule has 1 aromatic rings. The first kappa shape index (κ1) is 11.3. The first-order chi connectivity index (χ1) is 7.33. The van der Waals surface area contributed by atoms with Gasteiger partial charge in [0, 0.05) is 0 Å². The van der Waals surface area contributed by atoms with Crippen molar-refractivity contribution in [3.8, 4) is 0 Å². The van der Waals surface area contributed by atoms with Crippen LogP contribution in [0.4, 0.5) is 4.79 Å². The first-order valence-corrected chi connectivity index (χ1v) is 4.81. The number of hydrogen-bond donors (Lipinski definition) is 0. The molecule has 15 heavy (non-hydrogen) atoms. The molecule has 0 amide bonds. The van der Waals surface area contributed by atoms with Gasteiger partial charge in [-0.3, -0.25) is 0 Å². The lowest BCUT2D eigenvalue weighted by atomic mass is 10.1. The smallest absolute Gasteiger partial charge is 0.434 e. The van der Waals surface area contributed by atoms with E-state index in [9.17, 15) is 4.79 Å². The number of ether oxygens (including phenoxy) is 2. The molecular formula is C12H14O3. The van der Waals surface area contributed by atoms with Gasteiger partial charge in [-0.1, -0.05) is 36.9 Å². The molecule has 3 nitrogen and oxygen atoms in total. The van der Waals surface area contributed by atoms with Crippen LogP contribution in [-0.4, -0.2) is 12.8 Å². The number of carbonyl (C=O) groups is 1.